The van der Waals surface area contributed by atoms with Crippen LogP contribution in [0.25, 0.3) is 0 Å². The van der Waals surface area contributed by atoms with Crippen molar-refractivity contribution in [3.05, 3.63) is 92.2 Å². The molecule has 0 aliphatic rings. The Balaban J connectivity index is 5.29. The molecule has 0 bridgehead atoms. The maximum Gasteiger partial charge on any atom is 0.484 e. The van der Waals surface area contributed by atoms with Gasteiger partial charge in [0.25, 0.3) is 0 Å². The van der Waals surface area contributed by atoms with Gasteiger partial charge in [-0.2, -0.15) is 4.31 Å². The zero-order chi connectivity index (χ0) is 40.5. The molecule has 0 radical (unpaired) electrons. The Kier molecular flexibility index (Phi) is 27.6. The Morgan fingerprint density at radius 2 is 0.755 bits per heavy atom. The Morgan fingerprint density at radius 1 is 0.472 bits per heavy atom. The molecule has 53 heavy (non-hydrogen) atoms. The Hall–Kier alpha value is -1.82. The van der Waals surface area contributed by atoms with Crippen LogP contribution in [0.1, 0.15) is 173 Å². The third-order valence-corrected chi connectivity index (χ3v) is 11.9. The largest absolute Gasteiger partial charge is 0.484 e. The van der Waals surface area contributed by atoms with E-state index < -0.39 is 15.6 Å². The topological polar surface area (TPSA) is 102 Å². The standard InChI is InChI=1S/C44H76O7P2/c1-13-43(41(11)31-19-29-39(9)27-17-25-37(7)23-15-21-35(3)4)33-49-53(48,51-52(45,46)47)50-34-44(14-2)42(12)32-20-30-40(10)28-18-26-38(8)24-16-22-36(5)6/h21-22,25-26,29-30H,13-20,23-24,27-28,31-34H2,1-12H3,(H2,45,46,47)/b37-25+,38-26+,39-29+,40-30+,43-41+,44-42+. The molecule has 0 saturated heterocycles. The second-order valence-corrected chi connectivity index (χ2v) is 18.1. The quantitative estimate of drug-likeness (QED) is 0.0602. The number of allylic oxidation sites excluding steroid dienone is 14. The molecule has 0 heterocycles. The first-order valence-corrected chi connectivity index (χ1v) is 22.7. The van der Waals surface area contributed by atoms with Crippen molar-refractivity contribution in [3.63, 3.8) is 0 Å². The fraction of sp³-hybridized carbons (Fsp3) is 0.636. The first-order chi connectivity index (χ1) is 24.8. The van der Waals surface area contributed by atoms with Crippen molar-refractivity contribution in [2.45, 2.75) is 173 Å². The van der Waals surface area contributed by atoms with Crippen LogP contribution in [-0.2, 0) is 22.5 Å². The maximum atomic E-state index is 13.6. The minimum Gasteiger partial charge on any atom is -0.302 e. The molecule has 0 amide bonds. The van der Waals surface area contributed by atoms with Crippen molar-refractivity contribution in [1.29, 1.82) is 0 Å². The molecule has 304 valence electrons. The van der Waals surface area contributed by atoms with E-state index in [9.17, 15) is 18.9 Å². The van der Waals surface area contributed by atoms with Gasteiger partial charge < -0.3 is 9.79 Å². The summed E-state index contributed by atoms with van der Waals surface area (Å²) in [6, 6.07) is 0. The van der Waals surface area contributed by atoms with Gasteiger partial charge >= 0.3 is 15.6 Å². The van der Waals surface area contributed by atoms with Gasteiger partial charge in [-0.1, -0.05) is 94.9 Å². The van der Waals surface area contributed by atoms with Crippen LogP contribution in [0.4, 0.5) is 0 Å². The Morgan fingerprint density at radius 3 is 1.02 bits per heavy atom. The van der Waals surface area contributed by atoms with Crippen molar-refractivity contribution >= 4 is 15.6 Å². The highest BCUT2D eigenvalue weighted by atomic mass is 31.3. The summed E-state index contributed by atoms with van der Waals surface area (Å²) in [5.74, 6) is 0. The van der Waals surface area contributed by atoms with Gasteiger partial charge in [-0.05, 0) is 170 Å². The van der Waals surface area contributed by atoms with Crippen LogP contribution < -0.4 is 0 Å². The van der Waals surface area contributed by atoms with Gasteiger partial charge in [0.1, 0.15) is 0 Å². The van der Waals surface area contributed by atoms with Gasteiger partial charge in [0.05, 0.1) is 13.2 Å². The molecular formula is C44H76O7P2. The fourth-order valence-electron chi connectivity index (χ4n) is 5.68. The molecule has 0 spiro atoms. The molecule has 7 nitrogen and oxygen atoms in total. The third kappa shape index (κ3) is 28.3. The number of hydrogen-bond donors (Lipinski definition) is 2. The van der Waals surface area contributed by atoms with E-state index in [2.05, 4.69) is 96.2 Å². The molecule has 0 aliphatic heterocycles. The van der Waals surface area contributed by atoms with E-state index in [4.69, 9.17) is 9.05 Å². The summed E-state index contributed by atoms with van der Waals surface area (Å²) < 4.78 is 41.2. The summed E-state index contributed by atoms with van der Waals surface area (Å²) in [5.41, 5.74) is 12.3. The molecule has 0 fully saturated rings. The maximum absolute atomic E-state index is 13.6. The first kappa shape index (κ1) is 51.2. The van der Waals surface area contributed by atoms with E-state index in [1.54, 1.807) is 0 Å². The van der Waals surface area contributed by atoms with Gasteiger partial charge in [-0.3, -0.25) is 9.05 Å². The third-order valence-electron chi connectivity index (χ3n) is 9.33. The van der Waals surface area contributed by atoms with Crippen LogP contribution in [0.2, 0.25) is 0 Å². The minimum atomic E-state index is -5.15. The smallest absolute Gasteiger partial charge is 0.302 e. The van der Waals surface area contributed by atoms with Gasteiger partial charge in [0.15, 0.2) is 0 Å². The molecule has 0 unspecified atom stereocenters. The highest BCUT2D eigenvalue weighted by Gasteiger charge is 2.36. The zero-order valence-electron chi connectivity index (χ0n) is 35.6. The van der Waals surface area contributed by atoms with Gasteiger partial charge in [0, 0.05) is 0 Å². The fourth-order valence-corrected chi connectivity index (χ4v) is 7.81. The highest BCUT2D eigenvalue weighted by molar-refractivity contribution is 7.61. The lowest BCUT2D eigenvalue weighted by molar-refractivity contribution is 0.154. The molecule has 2 N–H and O–H groups in total. The molecule has 0 aliphatic carbocycles. The summed E-state index contributed by atoms with van der Waals surface area (Å²) in [5, 5.41) is 0. The van der Waals surface area contributed by atoms with E-state index in [1.807, 2.05) is 27.7 Å². The molecule has 0 atom stereocenters. The number of phosphoric ester groups is 1. The molecule has 0 aromatic heterocycles. The average molecular weight is 779 g/mol. The van der Waals surface area contributed by atoms with E-state index in [1.165, 1.54) is 33.4 Å². The predicted octanol–water partition coefficient (Wildman–Crippen LogP) is 15.1. The summed E-state index contributed by atoms with van der Waals surface area (Å²) >= 11 is 0. The molecule has 0 aromatic carbocycles. The monoisotopic (exact) mass is 779 g/mol. The molecule has 0 aromatic rings. The molecule has 9 heteroatoms. The highest BCUT2D eigenvalue weighted by Crippen LogP contribution is 2.61. The van der Waals surface area contributed by atoms with Gasteiger partial charge in [0.2, 0.25) is 0 Å². The van der Waals surface area contributed by atoms with Crippen LogP contribution in [0.5, 0.6) is 0 Å². The van der Waals surface area contributed by atoms with Gasteiger partial charge in [-0.15, -0.1) is 0 Å². The summed E-state index contributed by atoms with van der Waals surface area (Å²) in [4.78, 5) is 19.1. The normalized spacial score (nSPS) is 15.5. The number of rotatable bonds is 28. The zero-order valence-corrected chi connectivity index (χ0v) is 37.4. The van der Waals surface area contributed by atoms with Crippen LogP contribution in [0.3, 0.4) is 0 Å². The van der Waals surface area contributed by atoms with Crippen molar-refractivity contribution in [2.24, 2.45) is 0 Å². The minimum absolute atomic E-state index is 0.0997. The Labute approximate surface area is 325 Å². The lowest BCUT2D eigenvalue weighted by Gasteiger charge is -2.21. The van der Waals surface area contributed by atoms with E-state index in [0.717, 1.165) is 99.3 Å². The lowest BCUT2D eigenvalue weighted by Crippen LogP contribution is -2.06. The molecule has 0 saturated carbocycles. The molecule has 0 rings (SSSR count). The van der Waals surface area contributed by atoms with Crippen molar-refractivity contribution in [3.8, 4) is 0 Å². The Bertz CT molecular complexity index is 1350. The first-order valence-electron chi connectivity index (χ1n) is 19.7. The van der Waals surface area contributed by atoms with Crippen LogP contribution in [0.15, 0.2) is 92.2 Å². The number of phosphoric acid groups is 2. The van der Waals surface area contributed by atoms with Crippen LogP contribution in [0, 0.1) is 0 Å². The SMILES string of the molecule is CC/C(COP(=O)(OC/C(CC)=C(\C)CC/C=C(\C)CC/C=C(\C)CCC=C(C)C)OP(=O)(O)O)=C(/C)CC/C=C(\C)CC/C=C(\C)CCC=C(C)C. The van der Waals surface area contributed by atoms with Crippen LogP contribution in [-0.4, -0.2) is 23.0 Å². The van der Waals surface area contributed by atoms with Gasteiger partial charge in [-0.25, -0.2) is 9.13 Å². The van der Waals surface area contributed by atoms with E-state index in [0.29, 0.717) is 12.8 Å². The van der Waals surface area contributed by atoms with Crippen LogP contribution >= 0.6 is 15.6 Å². The van der Waals surface area contributed by atoms with Crippen molar-refractivity contribution < 1.29 is 32.3 Å². The van der Waals surface area contributed by atoms with Crippen molar-refractivity contribution in [1.82, 2.24) is 0 Å². The predicted molar refractivity (Wildman–Crippen MR) is 228 cm³/mol. The second kappa shape index (κ2) is 28.6. The average Bonchev–Trinajstić information content (AvgIpc) is 3.04. The summed E-state index contributed by atoms with van der Waals surface area (Å²) in [7, 11) is -9.73. The molecular weight excluding hydrogens is 702 g/mol. The second-order valence-electron chi connectivity index (χ2n) is 15.0. The van der Waals surface area contributed by atoms with Crippen molar-refractivity contribution in [2.75, 3.05) is 13.2 Å². The summed E-state index contributed by atoms with van der Waals surface area (Å²) in [6.07, 6.45) is 26.8. The lowest BCUT2D eigenvalue weighted by atomic mass is 10.0. The summed E-state index contributed by atoms with van der Waals surface area (Å²) in [6.45, 7) is 25.1. The van der Waals surface area contributed by atoms with E-state index in [-0.39, 0.29) is 13.2 Å². The van der Waals surface area contributed by atoms with E-state index >= 15 is 0 Å². The number of hydrogen-bond acceptors (Lipinski definition) is 5.